The van der Waals surface area contributed by atoms with Crippen molar-refractivity contribution in [3.8, 4) is 0 Å². The Morgan fingerprint density at radius 3 is 2.75 bits per heavy atom. The molecule has 24 heavy (non-hydrogen) atoms. The van der Waals surface area contributed by atoms with Crippen LogP contribution in [0.4, 0.5) is 4.79 Å². The third kappa shape index (κ3) is 6.07. The van der Waals surface area contributed by atoms with Gasteiger partial charge >= 0.3 is 6.09 Å². The first-order valence-electron chi connectivity index (χ1n) is 8.84. The van der Waals surface area contributed by atoms with E-state index in [1.165, 1.54) is 12.8 Å². The van der Waals surface area contributed by atoms with Gasteiger partial charge in [0.2, 0.25) is 0 Å². The van der Waals surface area contributed by atoms with Gasteiger partial charge in [0.25, 0.3) is 0 Å². The first-order valence-corrected chi connectivity index (χ1v) is 8.84. The molecule has 2 rings (SSSR count). The number of rotatable bonds is 5. The van der Waals surface area contributed by atoms with E-state index in [1.807, 2.05) is 20.8 Å². The second kappa shape index (κ2) is 8.42. The maximum Gasteiger partial charge on any atom is 0.407 e. The standard InChI is InChI=1S/C18H30N4O2/c1-13(16-12-19-9-10-20-16)22-15-8-6-5-7-14(15)11-21-17(23)24-18(2,3)4/h9-10,12-15,22H,5-8,11H2,1-4H3,(H,21,23)/t13-,14+,15+/m0/s1. The van der Waals surface area contributed by atoms with E-state index in [-0.39, 0.29) is 12.1 Å². The molecule has 0 radical (unpaired) electrons. The Bertz CT molecular complexity index is 516. The van der Waals surface area contributed by atoms with Crippen molar-refractivity contribution in [2.75, 3.05) is 6.54 Å². The van der Waals surface area contributed by atoms with E-state index in [0.717, 1.165) is 18.5 Å². The summed E-state index contributed by atoms with van der Waals surface area (Å²) in [5, 5.41) is 6.59. The van der Waals surface area contributed by atoms with Gasteiger partial charge in [0.05, 0.1) is 5.69 Å². The van der Waals surface area contributed by atoms with Crippen LogP contribution >= 0.6 is 0 Å². The number of ether oxygens (including phenoxy) is 1. The summed E-state index contributed by atoms with van der Waals surface area (Å²) in [6.45, 7) is 8.37. The summed E-state index contributed by atoms with van der Waals surface area (Å²) in [7, 11) is 0. The SMILES string of the molecule is C[C@H](N[C@@H]1CCCC[C@@H]1CNC(=O)OC(C)(C)C)c1cnccn1. The van der Waals surface area contributed by atoms with E-state index >= 15 is 0 Å². The van der Waals surface area contributed by atoms with Crippen molar-refractivity contribution in [3.05, 3.63) is 24.3 Å². The lowest BCUT2D eigenvalue weighted by molar-refractivity contribution is 0.0510. The molecule has 0 aliphatic heterocycles. The van der Waals surface area contributed by atoms with E-state index in [0.29, 0.717) is 18.5 Å². The number of alkyl carbamates (subject to hydrolysis) is 1. The Balaban J connectivity index is 1.87. The van der Waals surface area contributed by atoms with E-state index in [4.69, 9.17) is 4.74 Å². The molecule has 6 nitrogen and oxygen atoms in total. The van der Waals surface area contributed by atoms with Crippen LogP contribution in [0.2, 0.25) is 0 Å². The third-order valence-electron chi connectivity index (χ3n) is 4.31. The van der Waals surface area contributed by atoms with Crippen molar-refractivity contribution in [1.29, 1.82) is 0 Å². The average Bonchev–Trinajstić information content (AvgIpc) is 2.53. The van der Waals surface area contributed by atoms with Gasteiger partial charge in [0.1, 0.15) is 5.60 Å². The van der Waals surface area contributed by atoms with Gasteiger partial charge in [-0.1, -0.05) is 12.8 Å². The average molecular weight is 334 g/mol. The van der Waals surface area contributed by atoms with Crippen LogP contribution < -0.4 is 10.6 Å². The Kier molecular flexibility index (Phi) is 6.54. The summed E-state index contributed by atoms with van der Waals surface area (Å²) in [6, 6.07) is 0.511. The van der Waals surface area contributed by atoms with Crippen molar-refractivity contribution in [3.63, 3.8) is 0 Å². The molecule has 1 aliphatic carbocycles. The van der Waals surface area contributed by atoms with Gasteiger partial charge < -0.3 is 15.4 Å². The third-order valence-corrected chi connectivity index (χ3v) is 4.31. The fraction of sp³-hybridized carbons (Fsp3) is 0.722. The summed E-state index contributed by atoms with van der Waals surface area (Å²) < 4.78 is 5.33. The highest BCUT2D eigenvalue weighted by Crippen LogP contribution is 2.26. The van der Waals surface area contributed by atoms with Crippen molar-refractivity contribution in [2.24, 2.45) is 5.92 Å². The maximum absolute atomic E-state index is 11.9. The van der Waals surface area contributed by atoms with E-state index in [9.17, 15) is 4.79 Å². The van der Waals surface area contributed by atoms with Gasteiger partial charge in [-0.15, -0.1) is 0 Å². The molecule has 0 saturated heterocycles. The zero-order valence-electron chi connectivity index (χ0n) is 15.2. The van der Waals surface area contributed by atoms with E-state index in [2.05, 4.69) is 27.5 Å². The smallest absolute Gasteiger partial charge is 0.407 e. The molecule has 0 spiro atoms. The zero-order chi connectivity index (χ0) is 17.6. The number of nitrogens with one attached hydrogen (secondary N) is 2. The molecule has 1 amide bonds. The Morgan fingerprint density at radius 2 is 2.08 bits per heavy atom. The molecule has 6 heteroatoms. The lowest BCUT2D eigenvalue weighted by atomic mass is 9.84. The summed E-state index contributed by atoms with van der Waals surface area (Å²) >= 11 is 0. The molecule has 134 valence electrons. The molecular formula is C18H30N4O2. The Hall–Kier alpha value is -1.69. The van der Waals surface area contributed by atoms with Crippen LogP contribution in [0.15, 0.2) is 18.6 Å². The van der Waals surface area contributed by atoms with E-state index < -0.39 is 5.60 Å². The molecule has 1 aliphatic rings. The molecule has 0 unspecified atom stereocenters. The summed E-state index contributed by atoms with van der Waals surface area (Å²) in [5.41, 5.74) is 0.483. The van der Waals surface area contributed by atoms with Gasteiger partial charge in [0, 0.05) is 37.2 Å². The monoisotopic (exact) mass is 334 g/mol. The minimum Gasteiger partial charge on any atom is -0.444 e. The predicted octanol–water partition coefficient (Wildman–Crippen LogP) is 3.21. The van der Waals surface area contributed by atoms with Crippen LogP contribution in [-0.4, -0.2) is 34.2 Å². The molecule has 2 N–H and O–H groups in total. The quantitative estimate of drug-likeness (QED) is 0.865. The van der Waals surface area contributed by atoms with Crippen LogP contribution in [0.1, 0.15) is 65.1 Å². The highest BCUT2D eigenvalue weighted by atomic mass is 16.6. The molecule has 1 saturated carbocycles. The number of aromatic nitrogens is 2. The predicted molar refractivity (Wildman–Crippen MR) is 93.6 cm³/mol. The van der Waals surface area contributed by atoms with Crippen LogP contribution in [-0.2, 0) is 4.74 Å². The molecule has 0 aromatic carbocycles. The highest BCUT2D eigenvalue weighted by molar-refractivity contribution is 5.67. The first-order chi connectivity index (χ1) is 11.3. The van der Waals surface area contributed by atoms with Gasteiger partial charge in [-0.25, -0.2) is 4.79 Å². The molecule has 1 heterocycles. The molecule has 1 fully saturated rings. The minimum absolute atomic E-state index is 0.144. The number of hydrogen-bond acceptors (Lipinski definition) is 5. The highest BCUT2D eigenvalue weighted by Gasteiger charge is 2.27. The van der Waals surface area contributed by atoms with Gasteiger partial charge in [0.15, 0.2) is 0 Å². The summed E-state index contributed by atoms with van der Waals surface area (Å²) in [6.07, 6.45) is 9.51. The van der Waals surface area contributed by atoms with Crippen molar-refractivity contribution in [2.45, 2.75) is 71.1 Å². The summed E-state index contributed by atoms with van der Waals surface area (Å²) in [4.78, 5) is 20.4. The zero-order valence-corrected chi connectivity index (χ0v) is 15.2. The largest absolute Gasteiger partial charge is 0.444 e. The molecular weight excluding hydrogens is 304 g/mol. The molecule has 1 aromatic rings. The number of carbonyl (C=O) groups excluding carboxylic acids is 1. The van der Waals surface area contributed by atoms with Crippen molar-refractivity contribution < 1.29 is 9.53 Å². The fourth-order valence-corrected chi connectivity index (χ4v) is 3.14. The van der Waals surface area contributed by atoms with Crippen molar-refractivity contribution >= 4 is 6.09 Å². The van der Waals surface area contributed by atoms with Crippen LogP contribution in [0, 0.1) is 5.92 Å². The molecule has 0 bridgehead atoms. The Morgan fingerprint density at radius 1 is 1.33 bits per heavy atom. The van der Waals surface area contributed by atoms with E-state index in [1.54, 1.807) is 18.6 Å². The fourth-order valence-electron chi connectivity index (χ4n) is 3.14. The lowest BCUT2D eigenvalue weighted by Crippen LogP contribution is -2.45. The Labute approximate surface area is 144 Å². The van der Waals surface area contributed by atoms with Crippen LogP contribution in [0.5, 0.6) is 0 Å². The van der Waals surface area contributed by atoms with Crippen molar-refractivity contribution in [1.82, 2.24) is 20.6 Å². The number of amides is 1. The second-order valence-electron chi connectivity index (χ2n) is 7.55. The normalized spacial score (nSPS) is 22.7. The van der Waals surface area contributed by atoms with Crippen LogP contribution in [0.3, 0.4) is 0 Å². The first kappa shape index (κ1) is 18.6. The van der Waals surface area contributed by atoms with Gasteiger partial charge in [-0.05, 0) is 46.5 Å². The summed E-state index contributed by atoms with van der Waals surface area (Å²) in [5.74, 6) is 0.408. The number of hydrogen-bond donors (Lipinski definition) is 2. The van der Waals surface area contributed by atoms with Crippen LogP contribution in [0.25, 0.3) is 0 Å². The number of carbonyl (C=O) groups is 1. The van der Waals surface area contributed by atoms with Gasteiger partial charge in [-0.2, -0.15) is 0 Å². The molecule has 1 aromatic heterocycles. The topological polar surface area (TPSA) is 76.1 Å². The number of nitrogens with zero attached hydrogens (tertiary/aromatic N) is 2. The minimum atomic E-state index is -0.463. The molecule has 3 atom stereocenters. The lowest BCUT2D eigenvalue weighted by Gasteiger charge is -2.34. The van der Waals surface area contributed by atoms with Gasteiger partial charge in [-0.3, -0.25) is 9.97 Å². The second-order valence-corrected chi connectivity index (χ2v) is 7.55. The maximum atomic E-state index is 11.9.